The lowest BCUT2D eigenvalue weighted by atomic mass is 10.2. The summed E-state index contributed by atoms with van der Waals surface area (Å²) in [5.74, 6) is 0.884. The molecule has 2 amide bonds. The van der Waals surface area contributed by atoms with Gasteiger partial charge in [0, 0.05) is 55.7 Å². The number of nitrogens with one attached hydrogen (secondary N) is 3. The van der Waals surface area contributed by atoms with Gasteiger partial charge in [0.15, 0.2) is 5.96 Å². The highest BCUT2D eigenvalue weighted by Crippen LogP contribution is 2.10. The van der Waals surface area contributed by atoms with Crippen molar-refractivity contribution in [3.8, 4) is 0 Å². The largest absolute Gasteiger partial charge is 0.357 e. The lowest BCUT2D eigenvalue weighted by Crippen LogP contribution is -2.41. The molecule has 0 aromatic heterocycles. The Morgan fingerprint density at radius 3 is 2.54 bits per heavy atom. The molecule has 0 radical (unpaired) electrons. The predicted octanol–water partition coefficient (Wildman–Crippen LogP) is 2.36. The van der Waals surface area contributed by atoms with Crippen molar-refractivity contribution in [3.63, 3.8) is 0 Å². The molecule has 7 nitrogen and oxygen atoms in total. The molecule has 1 aliphatic rings. The zero-order chi connectivity index (χ0) is 19.5. The maximum Gasteiger partial charge on any atom is 0.251 e. The van der Waals surface area contributed by atoms with Crippen LogP contribution >= 0.6 is 39.9 Å². The summed E-state index contributed by atoms with van der Waals surface area (Å²) < 4.78 is 0.946. The number of hydrogen-bond donors (Lipinski definition) is 3. The van der Waals surface area contributed by atoms with E-state index in [1.807, 2.05) is 24.0 Å². The van der Waals surface area contributed by atoms with Crippen LogP contribution in [0.2, 0.25) is 0 Å². The fourth-order valence-electron chi connectivity index (χ4n) is 2.79. The van der Waals surface area contributed by atoms with Crippen LogP contribution in [-0.4, -0.2) is 61.9 Å². The molecule has 1 aliphatic heterocycles. The second-order valence-electron chi connectivity index (χ2n) is 6.29. The maximum atomic E-state index is 12.1. The summed E-state index contributed by atoms with van der Waals surface area (Å²) in [4.78, 5) is 30.1. The number of carbonyl (C=O) groups excluding carboxylic acids is 2. The first-order valence-electron chi connectivity index (χ1n) is 9.44. The summed E-state index contributed by atoms with van der Waals surface area (Å²) in [6.07, 6.45) is 2.50. The van der Waals surface area contributed by atoms with Crippen molar-refractivity contribution < 1.29 is 9.59 Å². The van der Waals surface area contributed by atoms with Gasteiger partial charge in [-0.05, 0) is 44.0 Å². The van der Waals surface area contributed by atoms with E-state index in [4.69, 9.17) is 0 Å². The van der Waals surface area contributed by atoms with E-state index < -0.39 is 0 Å². The number of amides is 2. The minimum Gasteiger partial charge on any atom is -0.357 e. The van der Waals surface area contributed by atoms with E-state index in [1.54, 1.807) is 12.1 Å². The van der Waals surface area contributed by atoms with Crippen LogP contribution in [0.3, 0.4) is 0 Å². The fraction of sp³-hybridized carbons (Fsp3) is 0.526. The fourth-order valence-corrected chi connectivity index (χ4v) is 3.06. The van der Waals surface area contributed by atoms with Gasteiger partial charge in [0.25, 0.3) is 5.91 Å². The smallest absolute Gasteiger partial charge is 0.251 e. The van der Waals surface area contributed by atoms with Crippen LogP contribution in [0.1, 0.15) is 36.5 Å². The highest BCUT2D eigenvalue weighted by atomic mass is 127. The minimum atomic E-state index is -0.0958. The van der Waals surface area contributed by atoms with Crippen LogP contribution in [0.5, 0.6) is 0 Å². The summed E-state index contributed by atoms with van der Waals surface area (Å²) in [6.45, 7) is 6.16. The van der Waals surface area contributed by atoms with Gasteiger partial charge in [-0.15, -0.1) is 24.0 Å². The van der Waals surface area contributed by atoms with Gasteiger partial charge in [-0.1, -0.05) is 15.9 Å². The Morgan fingerprint density at radius 1 is 1.18 bits per heavy atom. The van der Waals surface area contributed by atoms with Crippen molar-refractivity contribution in [1.29, 1.82) is 0 Å². The van der Waals surface area contributed by atoms with E-state index in [1.165, 1.54) is 0 Å². The molecular formula is C19H29BrIN5O2. The Kier molecular flexibility index (Phi) is 12.1. The summed E-state index contributed by atoms with van der Waals surface area (Å²) in [5, 5.41) is 9.28. The molecule has 0 saturated carbocycles. The zero-order valence-electron chi connectivity index (χ0n) is 16.2. The van der Waals surface area contributed by atoms with Gasteiger partial charge < -0.3 is 20.9 Å². The van der Waals surface area contributed by atoms with Crippen molar-refractivity contribution >= 4 is 57.7 Å². The molecule has 0 atom stereocenters. The van der Waals surface area contributed by atoms with E-state index in [0.29, 0.717) is 31.6 Å². The average molecular weight is 566 g/mol. The van der Waals surface area contributed by atoms with Crippen molar-refractivity contribution in [2.45, 2.75) is 26.2 Å². The Morgan fingerprint density at radius 2 is 1.89 bits per heavy atom. The molecule has 0 aliphatic carbocycles. The van der Waals surface area contributed by atoms with E-state index in [2.05, 4.69) is 36.9 Å². The van der Waals surface area contributed by atoms with Gasteiger partial charge in [0.2, 0.25) is 5.91 Å². The van der Waals surface area contributed by atoms with Crippen LogP contribution in [0.4, 0.5) is 0 Å². The van der Waals surface area contributed by atoms with Gasteiger partial charge in [0.05, 0.1) is 0 Å². The molecule has 28 heavy (non-hydrogen) atoms. The quantitative estimate of drug-likeness (QED) is 0.186. The van der Waals surface area contributed by atoms with Crippen LogP contribution < -0.4 is 16.0 Å². The molecule has 1 saturated heterocycles. The third-order valence-corrected chi connectivity index (χ3v) is 4.71. The lowest BCUT2D eigenvalue weighted by Gasteiger charge is -2.15. The Hall–Kier alpha value is -1.36. The molecule has 2 rings (SSSR count). The molecular weight excluding hydrogens is 537 g/mol. The number of rotatable bonds is 9. The molecule has 156 valence electrons. The monoisotopic (exact) mass is 565 g/mol. The molecule has 0 spiro atoms. The average Bonchev–Trinajstić information content (AvgIpc) is 3.07. The predicted molar refractivity (Wildman–Crippen MR) is 126 cm³/mol. The molecule has 1 heterocycles. The summed E-state index contributed by atoms with van der Waals surface area (Å²) in [5.41, 5.74) is 0.634. The van der Waals surface area contributed by atoms with Crippen molar-refractivity contribution in [3.05, 3.63) is 34.3 Å². The second kappa shape index (κ2) is 13.8. The van der Waals surface area contributed by atoms with E-state index in [0.717, 1.165) is 42.9 Å². The van der Waals surface area contributed by atoms with Gasteiger partial charge in [0.1, 0.15) is 0 Å². The van der Waals surface area contributed by atoms with Gasteiger partial charge in [-0.2, -0.15) is 0 Å². The highest BCUT2D eigenvalue weighted by molar-refractivity contribution is 14.0. The SMILES string of the molecule is CCNC(=NCCCN1CCCC1=O)NCCNC(=O)c1ccc(Br)cc1.I. The number of halogens is 2. The summed E-state index contributed by atoms with van der Waals surface area (Å²) in [7, 11) is 0. The lowest BCUT2D eigenvalue weighted by molar-refractivity contribution is -0.127. The van der Waals surface area contributed by atoms with E-state index in [9.17, 15) is 9.59 Å². The van der Waals surface area contributed by atoms with Gasteiger partial charge >= 0.3 is 0 Å². The number of aliphatic imine (C=N–C) groups is 1. The van der Waals surface area contributed by atoms with E-state index in [-0.39, 0.29) is 35.8 Å². The molecule has 0 unspecified atom stereocenters. The molecule has 1 fully saturated rings. The van der Waals surface area contributed by atoms with Crippen molar-refractivity contribution in [2.24, 2.45) is 4.99 Å². The Labute approximate surface area is 192 Å². The number of benzene rings is 1. The first-order valence-corrected chi connectivity index (χ1v) is 10.2. The standard InChI is InChI=1S/C19H28BrN5O2.HI/c1-2-21-19(23-10-4-14-25-13-3-5-17(25)26)24-12-11-22-18(27)15-6-8-16(20)9-7-15;/h6-9H,2-5,10-14H2,1H3,(H,22,27)(H2,21,23,24);1H. The number of guanidine groups is 1. The van der Waals surface area contributed by atoms with E-state index >= 15 is 0 Å². The Balaban J connectivity index is 0.00000392. The Bertz CT molecular complexity index is 654. The zero-order valence-corrected chi connectivity index (χ0v) is 20.1. The van der Waals surface area contributed by atoms with Crippen LogP contribution in [0.15, 0.2) is 33.7 Å². The molecule has 0 bridgehead atoms. The molecule has 9 heteroatoms. The van der Waals surface area contributed by atoms with Crippen molar-refractivity contribution in [1.82, 2.24) is 20.9 Å². The third-order valence-electron chi connectivity index (χ3n) is 4.18. The first-order chi connectivity index (χ1) is 13.1. The molecule has 1 aromatic carbocycles. The van der Waals surface area contributed by atoms with Crippen molar-refractivity contribution in [2.75, 3.05) is 39.3 Å². The molecule has 3 N–H and O–H groups in total. The van der Waals surface area contributed by atoms with Crippen LogP contribution in [-0.2, 0) is 4.79 Å². The number of hydrogen-bond acceptors (Lipinski definition) is 3. The molecule has 1 aromatic rings. The summed E-state index contributed by atoms with van der Waals surface area (Å²) in [6, 6.07) is 7.25. The minimum absolute atomic E-state index is 0. The normalized spacial score (nSPS) is 13.9. The maximum absolute atomic E-state index is 12.1. The first kappa shape index (κ1) is 24.7. The van der Waals surface area contributed by atoms with Crippen LogP contribution in [0.25, 0.3) is 0 Å². The number of likely N-dealkylation sites (tertiary alicyclic amines) is 1. The van der Waals surface area contributed by atoms with Gasteiger partial charge in [-0.25, -0.2) is 0 Å². The topological polar surface area (TPSA) is 85.8 Å². The van der Waals surface area contributed by atoms with Gasteiger partial charge in [-0.3, -0.25) is 14.6 Å². The number of carbonyl (C=O) groups is 2. The number of nitrogens with zero attached hydrogens (tertiary/aromatic N) is 2. The summed E-state index contributed by atoms with van der Waals surface area (Å²) >= 11 is 3.36. The second-order valence-corrected chi connectivity index (χ2v) is 7.20. The van der Waals surface area contributed by atoms with Crippen LogP contribution in [0, 0.1) is 0 Å². The third kappa shape index (κ3) is 8.76. The highest BCUT2D eigenvalue weighted by Gasteiger charge is 2.18.